The van der Waals surface area contributed by atoms with Crippen LogP contribution in [0.15, 0.2) is 53.6 Å². The van der Waals surface area contributed by atoms with E-state index in [1.54, 1.807) is 18.2 Å². The van der Waals surface area contributed by atoms with Crippen molar-refractivity contribution in [3.8, 4) is 5.75 Å². The van der Waals surface area contributed by atoms with Crippen molar-refractivity contribution in [2.45, 2.75) is 25.8 Å². The summed E-state index contributed by atoms with van der Waals surface area (Å²) < 4.78 is 18.9. The lowest BCUT2D eigenvalue weighted by Crippen LogP contribution is -2.25. The molecule has 140 valence electrons. The Kier molecular flexibility index (Phi) is 5.75. The van der Waals surface area contributed by atoms with Gasteiger partial charge in [-0.25, -0.2) is 9.40 Å². The molecule has 2 aromatic carbocycles. The van der Waals surface area contributed by atoms with Crippen LogP contribution >= 0.6 is 11.8 Å². The van der Waals surface area contributed by atoms with Crippen molar-refractivity contribution in [2.24, 2.45) is 5.10 Å². The molecule has 1 unspecified atom stereocenters. The Hall–Kier alpha value is -2.87. The summed E-state index contributed by atoms with van der Waals surface area (Å²) in [4.78, 5) is 23.3. The molecule has 1 heterocycles. The maximum absolute atomic E-state index is 13.0. The second kappa shape index (κ2) is 8.22. The highest BCUT2D eigenvalue weighted by Crippen LogP contribution is 2.42. The monoisotopic (exact) mass is 387 g/mol. The van der Waals surface area contributed by atoms with Crippen LogP contribution in [0.2, 0.25) is 0 Å². The van der Waals surface area contributed by atoms with Gasteiger partial charge in [-0.15, -0.1) is 5.10 Å². The predicted molar refractivity (Wildman–Crippen MR) is 101 cm³/mol. The molecule has 1 aliphatic heterocycles. The molecule has 0 fully saturated rings. The van der Waals surface area contributed by atoms with E-state index in [2.05, 4.69) is 10.4 Å². The van der Waals surface area contributed by atoms with Gasteiger partial charge in [-0.05, 0) is 23.8 Å². The summed E-state index contributed by atoms with van der Waals surface area (Å²) in [7, 11) is 0. The van der Waals surface area contributed by atoms with Crippen LogP contribution in [0.5, 0.6) is 5.75 Å². The van der Waals surface area contributed by atoms with Gasteiger partial charge in [-0.1, -0.05) is 42.1 Å². The topological polar surface area (TPSA) is 71.0 Å². The number of thioether (sulfide) groups is 1. The lowest BCUT2D eigenvalue weighted by Gasteiger charge is -2.21. The van der Waals surface area contributed by atoms with Crippen molar-refractivity contribution in [1.29, 1.82) is 0 Å². The molecule has 1 atom stereocenters. The SMILES string of the molecule is CC(=O)NC1=NN(C(C)=O)C(c2ccccc2OCc2ccc(F)cc2)S1. The molecule has 1 aliphatic rings. The number of nitrogens with zero attached hydrogens (tertiary/aromatic N) is 2. The van der Waals surface area contributed by atoms with Crippen LogP contribution in [-0.4, -0.2) is 22.0 Å². The third kappa shape index (κ3) is 4.65. The van der Waals surface area contributed by atoms with Crippen molar-refractivity contribution in [3.63, 3.8) is 0 Å². The quantitative estimate of drug-likeness (QED) is 0.873. The highest BCUT2D eigenvalue weighted by molar-refractivity contribution is 8.14. The van der Waals surface area contributed by atoms with Gasteiger partial charge in [-0.3, -0.25) is 9.59 Å². The summed E-state index contributed by atoms with van der Waals surface area (Å²) in [5, 5.41) is 8.02. The van der Waals surface area contributed by atoms with E-state index in [0.717, 1.165) is 11.1 Å². The Morgan fingerprint density at radius 1 is 1.19 bits per heavy atom. The van der Waals surface area contributed by atoms with Gasteiger partial charge in [0.05, 0.1) is 0 Å². The second-order valence-electron chi connectivity index (χ2n) is 5.87. The summed E-state index contributed by atoms with van der Waals surface area (Å²) in [5.41, 5.74) is 1.58. The summed E-state index contributed by atoms with van der Waals surface area (Å²) in [5.74, 6) is -0.224. The van der Waals surface area contributed by atoms with Gasteiger partial charge in [0.15, 0.2) is 5.17 Å². The Balaban J connectivity index is 1.81. The van der Waals surface area contributed by atoms with E-state index in [-0.39, 0.29) is 24.2 Å². The minimum atomic E-state index is -0.450. The number of rotatable bonds is 4. The zero-order valence-corrected chi connectivity index (χ0v) is 15.6. The molecule has 2 amide bonds. The van der Waals surface area contributed by atoms with Gasteiger partial charge in [-0.2, -0.15) is 0 Å². The molecule has 0 aromatic heterocycles. The average Bonchev–Trinajstić information content (AvgIpc) is 3.05. The van der Waals surface area contributed by atoms with E-state index in [1.807, 2.05) is 18.2 Å². The van der Waals surface area contributed by atoms with E-state index < -0.39 is 5.37 Å². The van der Waals surface area contributed by atoms with Crippen LogP contribution in [0.3, 0.4) is 0 Å². The maximum Gasteiger partial charge on any atom is 0.241 e. The first-order valence-electron chi connectivity index (χ1n) is 8.23. The fourth-order valence-electron chi connectivity index (χ4n) is 2.52. The third-order valence-corrected chi connectivity index (χ3v) is 4.83. The fourth-order valence-corrected chi connectivity index (χ4v) is 3.69. The highest BCUT2D eigenvalue weighted by Gasteiger charge is 2.34. The number of hydrazone groups is 1. The van der Waals surface area contributed by atoms with Gasteiger partial charge < -0.3 is 10.1 Å². The number of amidine groups is 1. The molecule has 27 heavy (non-hydrogen) atoms. The number of carbonyl (C=O) groups is 2. The molecule has 0 saturated carbocycles. The van der Waals surface area contributed by atoms with E-state index in [1.165, 1.54) is 42.8 Å². The second-order valence-corrected chi connectivity index (χ2v) is 6.94. The van der Waals surface area contributed by atoms with Crippen molar-refractivity contribution in [2.75, 3.05) is 0 Å². The van der Waals surface area contributed by atoms with Crippen LogP contribution in [0.25, 0.3) is 0 Å². The number of benzene rings is 2. The van der Waals surface area contributed by atoms with Gasteiger partial charge in [0.2, 0.25) is 11.8 Å². The summed E-state index contributed by atoms with van der Waals surface area (Å²) >= 11 is 1.26. The van der Waals surface area contributed by atoms with Crippen LogP contribution in [0.4, 0.5) is 4.39 Å². The Morgan fingerprint density at radius 2 is 1.89 bits per heavy atom. The molecule has 0 aliphatic carbocycles. The number of nitrogens with one attached hydrogen (secondary N) is 1. The summed E-state index contributed by atoms with van der Waals surface area (Å²) in [6.45, 7) is 3.05. The summed E-state index contributed by atoms with van der Waals surface area (Å²) in [6.07, 6.45) is 0. The third-order valence-electron chi connectivity index (χ3n) is 3.74. The first kappa shape index (κ1) is 18.9. The number of carbonyl (C=O) groups excluding carboxylic acids is 2. The number of para-hydroxylation sites is 1. The molecule has 2 aromatic rings. The molecule has 0 spiro atoms. The summed E-state index contributed by atoms with van der Waals surface area (Å²) in [6, 6.07) is 13.4. The first-order valence-corrected chi connectivity index (χ1v) is 9.11. The number of hydrogen-bond donors (Lipinski definition) is 1. The predicted octanol–water partition coefficient (Wildman–Crippen LogP) is 3.41. The molecule has 1 N–H and O–H groups in total. The minimum Gasteiger partial charge on any atom is -0.489 e. The molecular formula is C19H18FN3O3S. The largest absolute Gasteiger partial charge is 0.489 e. The molecule has 0 bridgehead atoms. The first-order chi connectivity index (χ1) is 12.9. The number of halogens is 1. The average molecular weight is 387 g/mol. The lowest BCUT2D eigenvalue weighted by atomic mass is 10.2. The number of hydrogen-bond acceptors (Lipinski definition) is 5. The van der Waals surface area contributed by atoms with Gasteiger partial charge in [0, 0.05) is 19.4 Å². The normalized spacial score (nSPS) is 16.0. The van der Waals surface area contributed by atoms with Crippen molar-refractivity contribution >= 4 is 28.7 Å². The van der Waals surface area contributed by atoms with Gasteiger partial charge in [0.1, 0.15) is 23.5 Å². The van der Waals surface area contributed by atoms with Crippen molar-refractivity contribution in [3.05, 3.63) is 65.5 Å². The molecular weight excluding hydrogens is 369 g/mol. The van der Waals surface area contributed by atoms with E-state index in [4.69, 9.17) is 4.74 Å². The Bertz CT molecular complexity index is 886. The number of amides is 2. The molecule has 6 nitrogen and oxygen atoms in total. The highest BCUT2D eigenvalue weighted by atomic mass is 32.2. The fraction of sp³-hybridized carbons (Fsp3) is 0.211. The van der Waals surface area contributed by atoms with Crippen LogP contribution < -0.4 is 10.1 Å². The van der Waals surface area contributed by atoms with Crippen LogP contribution in [-0.2, 0) is 16.2 Å². The van der Waals surface area contributed by atoms with E-state index in [9.17, 15) is 14.0 Å². The van der Waals surface area contributed by atoms with Crippen LogP contribution in [0, 0.1) is 5.82 Å². The molecule has 0 saturated heterocycles. The smallest absolute Gasteiger partial charge is 0.241 e. The number of ether oxygens (including phenoxy) is 1. The Morgan fingerprint density at radius 3 is 2.56 bits per heavy atom. The maximum atomic E-state index is 13.0. The Labute approximate surface area is 160 Å². The van der Waals surface area contributed by atoms with E-state index >= 15 is 0 Å². The molecule has 8 heteroatoms. The molecule has 0 radical (unpaired) electrons. The van der Waals surface area contributed by atoms with Gasteiger partial charge in [0.25, 0.3) is 0 Å². The van der Waals surface area contributed by atoms with Crippen molar-refractivity contribution < 1.29 is 18.7 Å². The lowest BCUT2D eigenvalue weighted by molar-refractivity contribution is -0.129. The van der Waals surface area contributed by atoms with Crippen LogP contribution in [0.1, 0.15) is 30.3 Å². The molecule has 3 rings (SSSR count). The van der Waals surface area contributed by atoms with E-state index in [0.29, 0.717) is 10.9 Å². The van der Waals surface area contributed by atoms with Crippen molar-refractivity contribution in [1.82, 2.24) is 10.3 Å². The zero-order chi connectivity index (χ0) is 19.4. The minimum absolute atomic E-state index is 0.249. The standard InChI is InChI=1S/C19H18FN3O3S/c1-12(24)21-19-22-23(13(2)25)18(27-19)16-5-3-4-6-17(16)26-11-14-7-9-15(20)10-8-14/h3-10,18H,11H2,1-2H3,(H,21,22,24). The van der Waals surface area contributed by atoms with Gasteiger partial charge >= 0.3 is 0 Å². The zero-order valence-electron chi connectivity index (χ0n) is 14.8.